The van der Waals surface area contributed by atoms with Gasteiger partial charge < -0.3 is 10.5 Å². The van der Waals surface area contributed by atoms with Crippen molar-refractivity contribution >= 4 is 18.6 Å². The minimum Gasteiger partial charge on any atom is -0.461 e. The van der Waals surface area contributed by atoms with Gasteiger partial charge in [-0.05, 0) is 43.3 Å². The Balaban J connectivity index is 2.38. The van der Waals surface area contributed by atoms with E-state index in [0.29, 0.717) is 24.0 Å². The molecule has 0 aliphatic heterocycles. The largest absolute Gasteiger partial charge is 0.461 e. The Morgan fingerprint density at radius 1 is 1.38 bits per heavy atom. The SMILES string of the molecule is CC1CC(C)CC(OC(=O)C(N)CCS)C1. The van der Waals surface area contributed by atoms with Gasteiger partial charge in [0.1, 0.15) is 12.1 Å². The van der Waals surface area contributed by atoms with Gasteiger partial charge in [-0.3, -0.25) is 4.79 Å². The van der Waals surface area contributed by atoms with E-state index in [-0.39, 0.29) is 12.1 Å². The molecule has 0 spiro atoms. The third kappa shape index (κ3) is 4.34. The molecule has 0 radical (unpaired) electrons. The number of esters is 1. The van der Waals surface area contributed by atoms with Crippen molar-refractivity contribution in [1.82, 2.24) is 0 Å². The molecule has 1 saturated carbocycles. The Hall–Kier alpha value is -0.220. The van der Waals surface area contributed by atoms with Gasteiger partial charge in [0.05, 0.1) is 0 Å². The van der Waals surface area contributed by atoms with Gasteiger partial charge in [0.15, 0.2) is 0 Å². The van der Waals surface area contributed by atoms with Gasteiger partial charge in [-0.1, -0.05) is 13.8 Å². The Labute approximate surface area is 104 Å². The van der Waals surface area contributed by atoms with Gasteiger partial charge in [-0.15, -0.1) is 0 Å². The molecule has 0 bridgehead atoms. The maximum atomic E-state index is 11.6. The molecule has 3 unspecified atom stereocenters. The maximum Gasteiger partial charge on any atom is 0.323 e. The lowest BCUT2D eigenvalue weighted by Gasteiger charge is -2.31. The van der Waals surface area contributed by atoms with Crippen molar-refractivity contribution in [2.24, 2.45) is 17.6 Å². The van der Waals surface area contributed by atoms with Crippen LogP contribution in [0.3, 0.4) is 0 Å². The molecule has 1 fully saturated rings. The van der Waals surface area contributed by atoms with Crippen LogP contribution in [0.2, 0.25) is 0 Å². The zero-order valence-electron chi connectivity index (χ0n) is 10.2. The van der Waals surface area contributed by atoms with Crippen LogP contribution in [0.5, 0.6) is 0 Å². The summed E-state index contributed by atoms with van der Waals surface area (Å²) in [6.45, 7) is 4.42. The van der Waals surface area contributed by atoms with Gasteiger partial charge in [0.2, 0.25) is 0 Å². The van der Waals surface area contributed by atoms with Crippen LogP contribution >= 0.6 is 12.6 Å². The van der Waals surface area contributed by atoms with Crippen LogP contribution in [-0.2, 0) is 9.53 Å². The number of hydrogen-bond acceptors (Lipinski definition) is 4. The van der Waals surface area contributed by atoms with E-state index in [0.717, 1.165) is 12.8 Å². The van der Waals surface area contributed by atoms with Crippen molar-refractivity contribution in [1.29, 1.82) is 0 Å². The molecule has 0 amide bonds. The number of rotatable bonds is 4. The highest BCUT2D eigenvalue weighted by Gasteiger charge is 2.27. The summed E-state index contributed by atoms with van der Waals surface area (Å²) in [5.74, 6) is 1.64. The predicted octanol–water partition coefficient (Wildman–Crippen LogP) is 2.00. The van der Waals surface area contributed by atoms with Crippen LogP contribution in [0.4, 0.5) is 0 Å². The van der Waals surface area contributed by atoms with Crippen LogP contribution < -0.4 is 5.73 Å². The van der Waals surface area contributed by atoms with Crippen molar-refractivity contribution in [2.45, 2.75) is 51.7 Å². The third-order valence-electron chi connectivity index (χ3n) is 3.16. The van der Waals surface area contributed by atoms with E-state index in [2.05, 4.69) is 26.5 Å². The van der Waals surface area contributed by atoms with Crippen molar-refractivity contribution in [2.75, 3.05) is 5.75 Å². The smallest absolute Gasteiger partial charge is 0.323 e. The Bertz CT molecular complexity index is 225. The molecule has 1 aliphatic carbocycles. The molecule has 1 aliphatic rings. The molecule has 0 aromatic heterocycles. The zero-order chi connectivity index (χ0) is 12.1. The van der Waals surface area contributed by atoms with E-state index in [1.807, 2.05) is 0 Å². The van der Waals surface area contributed by atoms with Gasteiger partial charge in [0, 0.05) is 0 Å². The normalized spacial score (nSPS) is 32.1. The number of carbonyl (C=O) groups excluding carboxylic acids is 1. The molecule has 0 heterocycles. The quantitative estimate of drug-likeness (QED) is 0.588. The summed E-state index contributed by atoms with van der Waals surface area (Å²) in [6.07, 6.45) is 3.83. The molecule has 0 aromatic rings. The van der Waals surface area contributed by atoms with Gasteiger partial charge in [0.25, 0.3) is 0 Å². The molecule has 0 aromatic carbocycles. The fourth-order valence-corrected chi connectivity index (χ4v) is 2.76. The van der Waals surface area contributed by atoms with Crippen molar-refractivity contribution in [3.8, 4) is 0 Å². The predicted molar refractivity (Wildman–Crippen MR) is 68.5 cm³/mol. The van der Waals surface area contributed by atoms with Crippen LogP contribution in [-0.4, -0.2) is 23.9 Å². The summed E-state index contributed by atoms with van der Waals surface area (Å²) in [5, 5.41) is 0. The molecule has 16 heavy (non-hydrogen) atoms. The minimum atomic E-state index is -0.509. The summed E-state index contributed by atoms with van der Waals surface area (Å²) in [6, 6.07) is -0.509. The summed E-state index contributed by atoms with van der Waals surface area (Å²) < 4.78 is 5.45. The average Bonchev–Trinajstić information content (AvgIpc) is 2.16. The second kappa shape index (κ2) is 6.50. The highest BCUT2D eigenvalue weighted by Crippen LogP contribution is 2.30. The van der Waals surface area contributed by atoms with E-state index in [9.17, 15) is 4.79 Å². The lowest BCUT2D eigenvalue weighted by Crippen LogP contribution is -2.37. The van der Waals surface area contributed by atoms with E-state index < -0.39 is 6.04 Å². The zero-order valence-corrected chi connectivity index (χ0v) is 11.1. The fraction of sp³-hybridized carbons (Fsp3) is 0.917. The average molecular weight is 245 g/mol. The number of ether oxygens (including phenoxy) is 1. The molecule has 4 heteroatoms. The summed E-state index contributed by atoms with van der Waals surface area (Å²) in [5.41, 5.74) is 5.69. The lowest BCUT2D eigenvalue weighted by atomic mass is 9.82. The summed E-state index contributed by atoms with van der Waals surface area (Å²) in [4.78, 5) is 11.6. The molecule has 3 atom stereocenters. The standard InChI is InChI=1S/C12H23NO2S/c1-8-5-9(2)7-10(6-8)15-12(14)11(13)3-4-16/h8-11,16H,3-7,13H2,1-2H3. The third-order valence-corrected chi connectivity index (χ3v) is 3.42. The summed E-state index contributed by atoms with van der Waals surface area (Å²) in [7, 11) is 0. The van der Waals surface area contributed by atoms with E-state index in [1.54, 1.807) is 0 Å². The second-order valence-corrected chi connectivity index (χ2v) is 5.54. The molecular formula is C12H23NO2S. The monoisotopic (exact) mass is 245 g/mol. The lowest BCUT2D eigenvalue weighted by molar-refractivity contribution is -0.153. The van der Waals surface area contributed by atoms with Crippen LogP contribution in [0.15, 0.2) is 0 Å². The van der Waals surface area contributed by atoms with Crippen molar-refractivity contribution in [3.63, 3.8) is 0 Å². The van der Waals surface area contributed by atoms with E-state index in [1.165, 1.54) is 6.42 Å². The fourth-order valence-electron chi connectivity index (χ4n) is 2.48. The summed E-state index contributed by atoms with van der Waals surface area (Å²) >= 11 is 4.06. The number of carbonyl (C=O) groups is 1. The van der Waals surface area contributed by atoms with E-state index in [4.69, 9.17) is 10.5 Å². The van der Waals surface area contributed by atoms with E-state index >= 15 is 0 Å². The second-order valence-electron chi connectivity index (χ2n) is 5.10. The first-order valence-electron chi connectivity index (χ1n) is 6.09. The molecule has 1 rings (SSSR count). The van der Waals surface area contributed by atoms with Gasteiger partial charge in [-0.2, -0.15) is 12.6 Å². The molecule has 2 N–H and O–H groups in total. The van der Waals surface area contributed by atoms with Crippen LogP contribution in [0, 0.1) is 11.8 Å². The number of thiol groups is 1. The molecule has 3 nitrogen and oxygen atoms in total. The topological polar surface area (TPSA) is 52.3 Å². The van der Waals surface area contributed by atoms with Gasteiger partial charge >= 0.3 is 5.97 Å². The highest BCUT2D eigenvalue weighted by molar-refractivity contribution is 7.80. The minimum absolute atomic E-state index is 0.0669. The molecule has 94 valence electrons. The first-order chi connectivity index (χ1) is 7.52. The number of hydrogen-bond donors (Lipinski definition) is 2. The number of nitrogens with two attached hydrogens (primary N) is 1. The van der Waals surface area contributed by atoms with Crippen molar-refractivity contribution < 1.29 is 9.53 Å². The maximum absolute atomic E-state index is 11.6. The first kappa shape index (κ1) is 13.8. The molecule has 0 saturated heterocycles. The van der Waals surface area contributed by atoms with Crippen LogP contribution in [0.25, 0.3) is 0 Å². The first-order valence-corrected chi connectivity index (χ1v) is 6.73. The Morgan fingerprint density at radius 3 is 2.44 bits per heavy atom. The van der Waals surface area contributed by atoms with Crippen molar-refractivity contribution in [3.05, 3.63) is 0 Å². The highest BCUT2D eigenvalue weighted by atomic mass is 32.1. The molecular weight excluding hydrogens is 222 g/mol. The van der Waals surface area contributed by atoms with Gasteiger partial charge in [-0.25, -0.2) is 0 Å². The van der Waals surface area contributed by atoms with Crippen LogP contribution in [0.1, 0.15) is 39.5 Å². The Kier molecular flexibility index (Phi) is 5.62. The Morgan fingerprint density at radius 2 is 1.94 bits per heavy atom.